The van der Waals surface area contributed by atoms with Crippen molar-refractivity contribution >= 4 is 17.0 Å². The molecule has 3 aromatic rings. The molecule has 98 valence electrons. The third-order valence-electron chi connectivity index (χ3n) is 3.95. The Morgan fingerprint density at radius 2 is 2.05 bits per heavy atom. The van der Waals surface area contributed by atoms with Crippen LogP contribution in [0.4, 0.5) is 0 Å². The summed E-state index contributed by atoms with van der Waals surface area (Å²) in [6.45, 7) is 0. The van der Waals surface area contributed by atoms with Crippen molar-refractivity contribution in [2.24, 2.45) is 0 Å². The molecule has 0 radical (unpaired) electrons. The van der Waals surface area contributed by atoms with Crippen LogP contribution in [0.25, 0.3) is 11.0 Å². The Balaban J connectivity index is 1.84. The third kappa shape index (κ3) is 1.48. The lowest BCUT2D eigenvalue weighted by Gasteiger charge is -2.28. The minimum atomic E-state index is -0.942. The van der Waals surface area contributed by atoms with Crippen LogP contribution in [-0.2, 0) is 6.42 Å². The van der Waals surface area contributed by atoms with Crippen molar-refractivity contribution in [3.05, 3.63) is 65.0 Å². The number of para-hydroxylation sites is 1. The molecule has 2 N–H and O–H groups in total. The van der Waals surface area contributed by atoms with E-state index in [1.807, 2.05) is 18.2 Å². The first-order chi connectivity index (χ1) is 9.74. The van der Waals surface area contributed by atoms with Gasteiger partial charge in [-0.1, -0.05) is 30.3 Å². The van der Waals surface area contributed by atoms with E-state index in [9.17, 15) is 9.90 Å². The van der Waals surface area contributed by atoms with Gasteiger partial charge >= 0.3 is 5.97 Å². The maximum atomic E-state index is 11.2. The maximum Gasteiger partial charge on any atom is 0.337 e. The van der Waals surface area contributed by atoms with Gasteiger partial charge in [0, 0.05) is 5.92 Å². The highest BCUT2D eigenvalue weighted by atomic mass is 16.4. The van der Waals surface area contributed by atoms with E-state index >= 15 is 0 Å². The number of H-pyrrole nitrogens is 1. The van der Waals surface area contributed by atoms with Gasteiger partial charge in [0.15, 0.2) is 0 Å². The Morgan fingerprint density at radius 3 is 2.85 bits per heavy atom. The number of aromatic nitrogens is 2. The van der Waals surface area contributed by atoms with Crippen molar-refractivity contribution < 1.29 is 9.90 Å². The Bertz CT molecular complexity index is 835. The second kappa shape index (κ2) is 3.93. The Labute approximate surface area is 115 Å². The minimum absolute atomic E-state index is 0.248. The van der Waals surface area contributed by atoms with Crippen LogP contribution in [0.3, 0.4) is 0 Å². The summed E-state index contributed by atoms with van der Waals surface area (Å²) >= 11 is 0. The molecule has 0 saturated carbocycles. The van der Waals surface area contributed by atoms with Gasteiger partial charge in [0.1, 0.15) is 11.3 Å². The number of aromatic carboxylic acids is 1. The number of rotatable bonds is 2. The number of carboxylic acids is 1. The summed E-state index contributed by atoms with van der Waals surface area (Å²) in [5.74, 6) is 0.162. The fourth-order valence-electron chi connectivity index (χ4n) is 2.89. The molecule has 0 aliphatic heterocycles. The third-order valence-corrected chi connectivity index (χ3v) is 3.95. The largest absolute Gasteiger partial charge is 0.478 e. The molecular formula is C16H12N2O2. The summed E-state index contributed by atoms with van der Waals surface area (Å²) in [7, 11) is 0. The van der Waals surface area contributed by atoms with Crippen LogP contribution in [0, 0.1) is 0 Å². The molecule has 1 heterocycles. The Morgan fingerprint density at radius 1 is 1.20 bits per heavy atom. The van der Waals surface area contributed by atoms with Crippen molar-refractivity contribution in [3.8, 4) is 0 Å². The molecule has 0 spiro atoms. The van der Waals surface area contributed by atoms with E-state index in [-0.39, 0.29) is 11.5 Å². The van der Waals surface area contributed by atoms with Crippen molar-refractivity contribution in [1.29, 1.82) is 0 Å². The van der Waals surface area contributed by atoms with Gasteiger partial charge in [0.2, 0.25) is 0 Å². The molecule has 1 atom stereocenters. The number of aromatic amines is 1. The fraction of sp³-hybridized carbons (Fsp3) is 0.125. The van der Waals surface area contributed by atoms with Crippen molar-refractivity contribution in [3.63, 3.8) is 0 Å². The summed E-state index contributed by atoms with van der Waals surface area (Å²) in [6.07, 6.45) is 0.957. The molecule has 1 aliphatic carbocycles. The van der Waals surface area contributed by atoms with Gasteiger partial charge in [-0.3, -0.25) is 0 Å². The number of hydrogen-bond acceptors (Lipinski definition) is 2. The zero-order valence-electron chi connectivity index (χ0n) is 10.6. The van der Waals surface area contributed by atoms with E-state index in [0.717, 1.165) is 17.8 Å². The van der Waals surface area contributed by atoms with Crippen LogP contribution in [-0.4, -0.2) is 21.0 Å². The van der Waals surface area contributed by atoms with Crippen LogP contribution < -0.4 is 0 Å². The van der Waals surface area contributed by atoms with Crippen LogP contribution in [0.1, 0.15) is 33.2 Å². The van der Waals surface area contributed by atoms with E-state index in [0.29, 0.717) is 5.52 Å². The summed E-state index contributed by atoms with van der Waals surface area (Å²) < 4.78 is 0. The summed E-state index contributed by atoms with van der Waals surface area (Å²) in [5.41, 5.74) is 4.20. The molecule has 1 aliphatic rings. The smallest absolute Gasteiger partial charge is 0.337 e. The molecule has 0 amide bonds. The van der Waals surface area contributed by atoms with Crippen molar-refractivity contribution in [1.82, 2.24) is 9.97 Å². The van der Waals surface area contributed by atoms with Crippen LogP contribution in [0.15, 0.2) is 42.5 Å². The number of imidazole rings is 1. The van der Waals surface area contributed by atoms with Gasteiger partial charge < -0.3 is 10.1 Å². The maximum absolute atomic E-state index is 11.2. The first-order valence-electron chi connectivity index (χ1n) is 6.54. The summed E-state index contributed by atoms with van der Waals surface area (Å²) in [6, 6.07) is 13.5. The first kappa shape index (κ1) is 11.2. The van der Waals surface area contributed by atoms with Crippen LogP contribution >= 0.6 is 0 Å². The summed E-state index contributed by atoms with van der Waals surface area (Å²) in [4.78, 5) is 19.0. The van der Waals surface area contributed by atoms with Gasteiger partial charge in [0.25, 0.3) is 0 Å². The van der Waals surface area contributed by atoms with Crippen molar-refractivity contribution in [2.75, 3.05) is 0 Å². The first-order valence-corrected chi connectivity index (χ1v) is 6.54. The summed E-state index contributed by atoms with van der Waals surface area (Å²) in [5, 5.41) is 9.21. The zero-order chi connectivity index (χ0) is 13.7. The van der Waals surface area contributed by atoms with Gasteiger partial charge in [-0.2, -0.15) is 0 Å². The van der Waals surface area contributed by atoms with Gasteiger partial charge in [-0.15, -0.1) is 0 Å². The highest BCUT2D eigenvalue weighted by Crippen LogP contribution is 2.39. The van der Waals surface area contributed by atoms with Gasteiger partial charge in [0.05, 0.1) is 11.1 Å². The number of nitrogens with one attached hydrogen (secondary N) is 1. The lowest BCUT2D eigenvalue weighted by Crippen LogP contribution is -2.19. The van der Waals surface area contributed by atoms with E-state index in [1.165, 1.54) is 11.1 Å². The number of nitrogens with zero attached hydrogens (tertiary/aromatic N) is 1. The monoisotopic (exact) mass is 264 g/mol. The molecule has 0 fully saturated rings. The molecule has 20 heavy (non-hydrogen) atoms. The number of carboxylic acid groups (broad SMARTS) is 1. The predicted octanol–water partition coefficient (Wildman–Crippen LogP) is 2.95. The molecule has 0 saturated heterocycles. The molecule has 4 rings (SSSR count). The topological polar surface area (TPSA) is 66.0 Å². The molecule has 4 heteroatoms. The second-order valence-corrected chi connectivity index (χ2v) is 5.08. The molecule has 1 aromatic heterocycles. The number of fused-ring (bicyclic) bond motifs is 2. The van der Waals surface area contributed by atoms with Crippen LogP contribution in [0.5, 0.6) is 0 Å². The molecule has 0 bridgehead atoms. The highest BCUT2D eigenvalue weighted by molar-refractivity contribution is 6.00. The van der Waals surface area contributed by atoms with Crippen LogP contribution in [0.2, 0.25) is 0 Å². The lowest BCUT2D eigenvalue weighted by atomic mass is 9.77. The van der Waals surface area contributed by atoms with E-state index in [1.54, 1.807) is 12.1 Å². The second-order valence-electron chi connectivity index (χ2n) is 5.08. The molecule has 2 aromatic carbocycles. The number of hydrogen-bond donors (Lipinski definition) is 2. The highest BCUT2D eigenvalue weighted by Gasteiger charge is 2.29. The number of benzene rings is 2. The quantitative estimate of drug-likeness (QED) is 0.747. The van der Waals surface area contributed by atoms with E-state index in [2.05, 4.69) is 22.1 Å². The number of carbonyl (C=O) groups is 1. The Kier molecular flexibility index (Phi) is 2.21. The molecular weight excluding hydrogens is 252 g/mol. The van der Waals surface area contributed by atoms with Gasteiger partial charge in [-0.05, 0) is 29.7 Å². The SMILES string of the molecule is O=C(O)c1cccc2[nH]c(C3Cc4ccccc43)nc12. The Hall–Kier alpha value is -2.62. The van der Waals surface area contributed by atoms with E-state index < -0.39 is 5.97 Å². The standard InChI is InChI=1S/C16H12N2O2/c19-16(20)11-6-3-7-13-14(11)18-15(17-13)12-8-9-4-1-2-5-10(9)12/h1-7,12H,8H2,(H,17,18)(H,19,20). The molecule has 1 unspecified atom stereocenters. The fourth-order valence-corrected chi connectivity index (χ4v) is 2.89. The molecule has 4 nitrogen and oxygen atoms in total. The van der Waals surface area contributed by atoms with E-state index in [4.69, 9.17) is 0 Å². The average Bonchev–Trinajstić information content (AvgIpc) is 2.82. The van der Waals surface area contributed by atoms with Crippen molar-refractivity contribution in [2.45, 2.75) is 12.3 Å². The lowest BCUT2D eigenvalue weighted by molar-refractivity contribution is 0.0699. The normalized spacial score (nSPS) is 16.7. The van der Waals surface area contributed by atoms with Gasteiger partial charge in [-0.25, -0.2) is 9.78 Å². The average molecular weight is 264 g/mol. The minimum Gasteiger partial charge on any atom is -0.478 e. The predicted molar refractivity (Wildman–Crippen MR) is 75.0 cm³/mol. The zero-order valence-corrected chi connectivity index (χ0v) is 10.6.